The van der Waals surface area contributed by atoms with Crippen molar-refractivity contribution < 1.29 is 9.53 Å². The molecule has 19 heavy (non-hydrogen) atoms. The summed E-state index contributed by atoms with van der Waals surface area (Å²) in [5, 5.41) is 0. The zero-order chi connectivity index (χ0) is 13.2. The van der Waals surface area contributed by atoms with Crippen molar-refractivity contribution in [3.63, 3.8) is 0 Å². The molecule has 108 valence electrons. The van der Waals surface area contributed by atoms with Crippen LogP contribution in [0.2, 0.25) is 0 Å². The first-order valence-corrected chi connectivity index (χ1v) is 7.95. The summed E-state index contributed by atoms with van der Waals surface area (Å²) < 4.78 is 5.85. The molecule has 4 heteroatoms. The van der Waals surface area contributed by atoms with Crippen LogP contribution < -0.4 is 5.73 Å². The fourth-order valence-electron chi connectivity index (χ4n) is 4.05. The van der Waals surface area contributed by atoms with E-state index in [1.54, 1.807) is 0 Å². The Hall–Kier alpha value is -0.610. The van der Waals surface area contributed by atoms with E-state index in [-0.39, 0.29) is 18.1 Å². The van der Waals surface area contributed by atoms with Gasteiger partial charge >= 0.3 is 0 Å². The van der Waals surface area contributed by atoms with Crippen LogP contribution in [0.4, 0.5) is 0 Å². The largest absolute Gasteiger partial charge is 0.374 e. The highest BCUT2D eigenvalue weighted by Crippen LogP contribution is 2.32. The first-order valence-electron chi connectivity index (χ1n) is 7.95. The Bertz CT molecular complexity index is 332. The van der Waals surface area contributed by atoms with Crippen molar-refractivity contribution in [3.05, 3.63) is 0 Å². The van der Waals surface area contributed by atoms with E-state index in [1.165, 1.54) is 19.3 Å². The SMILES string of the molecule is NC1CCCCC1C(=O)N1CCOC2CCCCC21. The van der Waals surface area contributed by atoms with Gasteiger partial charge in [0.2, 0.25) is 5.91 Å². The van der Waals surface area contributed by atoms with Crippen molar-refractivity contribution in [2.75, 3.05) is 13.2 Å². The lowest BCUT2D eigenvalue weighted by molar-refractivity contribution is -0.155. The highest BCUT2D eigenvalue weighted by Gasteiger charge is 2.40. The Labute approximate surface area is 115 Å². The Balaban J connectivity index is 1.70. The first-order chi connectivity index (χ1) is 9.27. The van der Waals surface area contributed by atoms with Crippen LogP contribution in [-0.4, -0.2) is 42.1 Å². The van der Waals surface area contributed by atoms with Gasteiger partial charge in [0, 0.05) is 12.6 Å². The number of rotatable bonds is 1. The fourth-order valence-corrected chi connectivity index (χ4v) is 4.05. The predicted octanol–water partition coefficient (Wildman–Crippen LogP) is 1.67. The second kappa shape index (κ2) is 5.80. The van der Waals surface area contributed by atoms with Gasteiger partial charge < -0.3 is 15.4 Å². The molecule has 3 fully saturated rings. The van der Waals surface area contributed by atoms with E-state index in [4.69, 9.17) is 10.5 Å². The maximum atomic E-state index is 12.8. The molecule has 1 saturated heterocycles. The van der Waals surface area contributed by atoms with Crippen LogP contribution >= 0.6 is 0 Å². The number of fused-ring (bicyclic) bond motifs is 1. The molecule has 1 aliphatic heterocycles. The van der Waals surface area contributed by atoms with Crippen molar-refractivity contribution in [2.24, 2.45) is 11.7 Å². The average molecular weight is 266 g/mol. The third-order valence-corrected chi connectivity index (χ3v) is 5.15. The number of hydrogen-bond donors (Lipinski definition) is 1. The van der Waals surface area contributed by atoms with Crippen molar-refractivity contribution in [2.45, 2.75) is 69.6 Å². The number of nitrogens with zero attached hydrogens (tertiary/aromatic N) is 1. The predicted molar refractivity (Wildman–Crippen MR) is 73.6 cm³/mol. The molecular weight excluding hydrogens is 240 g/mol. The lowest BCUT2D eigenvalue weighted by Gasteiger charge is -2.45. The van der Waals surface area contributed by atoms with Crippen LogP contribution in [0.3, 0.4) is 0 Å². The Morgan fingerprint density at radius 3 is 2.63 bits per heavy atom. The number of morpholine rings is 1. The molecular formula is C15H26N2O2. The summed E-state index contributed by atoms with van der Waals surface area (Å²) in [6, 6.07) is 0.398. The van der Waals surface area contributed by atoms with E-state index in [0.29, 0.717) is 18.6 Å². The molecule has 0 bridgehead atoms. The minimum Gasteiger partial charge on any atom is -0.374 e. The van der Waals surface area contributed by atoms with E-state index in [0.717, 1.165) is 38.6 Å². The molecule has 4 atom stereocenters. The zero-order valence-electron chi connectivity index (χ0n) is 11.7. The fraction of sp³-hybridized carbons (Fsp3) is 0.933. The monoisotopic (exact) mass is 266 g/mol. The molecule has 2 aliphatic carbocycles. The van der Waals surface area contributed by atoms with Gasteiger partial charge in [0.05, 0.1) is 24.7 Å². The van der Waals surface area contributed by atoms with Gasteiger partial charge in [-0.3, -0.25) is 4.79 Å². The summed E-state index contributed by atoms with van der Waals surface area (Å²) >= 11 is 0. The summed E-state index contributed by atoms with van der Waals surface area (Å²) in [6.07, 6.45) is 9.30. The van der Waals surface area contributed by atoms with E-state index in [2.05, 4.69) is 4.90 Å². The molecule has 0 spiro atoms. The lowest BCUT2D eigenvalue weighted by atomic mass is 9.82. The normalized spacial score (nSPS) is 39.7. The van der Waals surface area contributed by atoms with Gasteiger partial charge in [-0.15, -0.1) is 0 Å². The van der Waals surface area contributed by atoms with Gasteiger partial charge in [0.1, 0.15) is 0 Å². The number of carbonyl (C=O) groups is 1. The van der Waals surface area contributed by atoms with E-state index < -0.39 is 0 Å². The van der Waals surface area contributed by atoms with Crippen LogP contribution in [0.25, 0.3) is 0 Å². The first kappa shape index (κ1) is 13.4. The van der Waals surface area contributed by atoms with Gasteiger partial charge in [-0.1, -0.05) is 25.7 Å². The van der Waals surface area contributed by atoms with Crippen LogP contribution in [0.1, 0.15) is 51.4 Å². The van der Waals surface area contributed by atoms with Crippen molar-refractivity contribution >= 4 is 5.91 Å². The maximum Gasteiger partial charge on any atom is 0.227 e. The third-order valence-electron chi connectivity index (χ3n) is 5.15. The van der Waals surface area contributed by atoms with Gasteiger partial charge in [-0.25, -0.2) is 0 Å². The van der Waals surface area contributed by atoms with Gasteiger partial charge in [-0.2, -0.15) is 0 Å². The van der Waals surface area contributed by atoms with Gasteiger partial charge in [0.15, 0.2) is 0 Å². The minimum absolute atomic E-state index is 0.0643. The molecule has 0 radical (unpaired) electrons. The van der Waals surface area contributed by atoms with Crippen LogP contribution in [0, 0.1) is 5.92 Å². The number of nitrogens with two attached hydrogens (primary N) is 1. The Morgan fingerprint density at radius 1 is 1.05 bits per heavy atom. The summed E-state index contributed by atoms with van der Waals surface area (Å²) in [4.78, 5) is 14.9. The van der Waals surface area contributed by atoms with Gasteiger partial charge in [0.25, 0.3) is 0 Å². The average Bonchev–Trinajstić information content (AvgIpc) is 2.46. The standard InChI is InChI=1S/C15H26N2O2/c16-12-6-2-1-5-11(12)15(18)17-9-10-19-14-8-4-3-7-13(14)17/h11-14H,1-10,16H2. The number of amides is 1. The number of carbonyl (C=O) groups excluding carboxylic acids is 1. The highest BCUT2D eigenvalue weighted by atomic mass is 16.5. The molecule has 3 aliphatic rings. The molecule has 2 N–H and O–H groups in total. The summed E-state index contributed by atoms with van der Waals surface area (Å²) in [7, 11) is 0. The maximum absolute atomic E-state index is 12.8. The smallest absolute Gasteiger partial charge is 0.227 e. The van der Waals surface area contributed by atoms with Crippen LogP contribution in [0.5, 0.6) is 0 Å². The minimum atomic E-state index is 0.0643. The second-order valence-corrected chi connectivity index (χ2v) is 6.35. The third kappa shape index (κ3) is 2.65. The van der Waals surface area contributed by atoms with E-state index in [1.807, 2.05) is 0 Å². The molecule has 4 unspecified atom stereocenters. The van der Waals surface area contributed by atoms with Crippen LogP contribution in [-0.2, 0) is 9.53 Å². The Kier molecular flexibility index (Phi) is 4.08. The molecule has 1 amide bonds. The second-order valence-electron chi connectivity index (χ2n) is 6.35. The molecule has 3 rings (SSSR count). The van der Waals surface area contributed by atoms with Crippen molar-refractivity contribution in [1.29, 1.82) is 0 Å². The molecule has 2 saturated carbocycles. The van der Waals surface area contributed by atoms with Gasteiger partial charge in [-0.05, 0) is 25.7 Å². The quantitative estimate of drug-likeness (QED) is 0.785. The van der Waals surface area contributed by atoms with E-state index in [9.17, 15) is 4.79 Å². The molecule has 4 nitrogen and oxygen atoms in total. The number of hydrogen-bond acceptors (Lipinski definition) is 3. The summed E-state index contributed by atoms with van der Waals surface area (Å²) in [5.41, 5.74) is 6.18. The summed E-state index contributed by atoms with van der Waals surface area (Å²) in [5.74, 6) is 0.377. The molecule has 1 heterocycles. The molecule has 0 aromatic rings. The van der Waals surface area contributed by atoms with Crippen molar-refractivity contribution in [1.82, 2.24) is 4.90 Å². The van der Waals surface area contributed by atoms with E-state index >= 15 is 0 Å². The molecule has 0 aromatic heterocycles. The molecule has 0 aromatic carbocycles. The lowest BCUT2D eigenvalue weighted by Crippen LogP contribution is -2.58. The zero-order valence-corrected chi connectivity index (χ0v) is 11.7. The Morgan fingerprint density at radius 2 is 1.79 bits per heavy atom. The van der Waals surface area contributed by atoms with Crippen molar-refractivity contribution in [3.8, 4) is 0 Å². The summed E-state index contributed by atoms with van der Waals surface area (Å²) in [6.45, 7) is 1.47. The number of ether oxygens (including phenoxy) is 1. The topological polar surface area (TPSA) is 55.6 Å². The van der Waals surface area contributed by atoms with Crippen LogP contribution in [0.15, 0.2) is 0 Å². The highest BCUT2D eigenvalue weighted by molar-refractivity contribution is 5.80.